The number of rotatable bonds is 3. The summed E-state index contributed by atoms with van der Waals surface area (Å²) in [7, 11) is 0. The zero-order valence-corrected chi connectivity index (χ0v) is 12.0. The van der Waals surface area contributed by atoms with Crippen LogP contribution >= 0.6 is 23.4 Å². The third-order valence-electron chi connectivity index (χ3n) is 3.37. The van der Waals surface area contributed by atoms with Crippen LogP contribution in [0.5, 0.6) is 0 Å². The lowest BCUT2D eigenvalue weighted by Crippen LogP contribution is -2.48. The molecule has 1 unspecified atom stereocenters. The molecule has 1 N–H and O–H groups in total. The van der Waals surface area contributed by atoms with E-state index in [1.807, 2.05) is 0 Å². The van der Waals surface area contributed by atoms with Crippen molar-refractivity contribution in [2.45, 2.75) is 22.6 Å². The van der Waals surface area contributed by atoms with E-state index in [0.717, 1.165) is 4.90 Å². The van der Waals surface area contributed by atoms with Crippen molar-refractivity contribution < 1.29 is 19.4 Å². The third kappa shape index (κ3) is 1.90. The topological polar surface area (TPSA) is 66.8 Å². The van der Waals surface area contributed by atoms with Crippen LogP contribution in [0.4, 0.5) is 5.69 Å². The van der Waals surface area contributed by atoms with Crippen LogP contribution in [0.3, 0.4) is 0 Å². The maximum atomic E-state index is 12.3. The summed E-state index contributed by atoms with van der Waals surface area (Å²) in [5.74, 6) is -0.603. The van der Waals surface area contributed by atoms with Gasteiger partial charge in [-0.1, -0.05) is 23.4 Å². The number of benzene rings is 1. The molecular weight excluding hydrogens is 302 g/mol. The smallest absolute Gasteiger partial charge is 0.343 e. The Morgan fingerprint density at radius 1 is 1.55 bits per heavy atom. The van der Waals surface area contributed by atoms with E-state index in [2.05, 4.69) is 0 Å². The zero-order valence-electron chi connectivity index (χ0n) is 10.5. The molecule has 0 radical (unpaired) electrons. The molecule has 2 aliphatic rings. The Hall–Kier alpha value is -1.24. The summed E-state index contributed by atoms with van der Waals surface area (Å²) < 4.78 is 5.05. The molecule has 20 heavy (non-hydrogen) atoms. The minimum atomic E-state index is -1.04. The van der Waals surface area contributed by atoms with E-state index < -0.39 is 10.8 Å². The second-order valence-corrected chi connectivity index (χ2v) is 6.34. The summed E-state index contributed by atoms with van der Waals surface area (Å²) in [6, 6.07) is 5.22. The van der Waals surface area contributed by atoms with Crippen LogP contribution in [0.2, 0.25) is 5.02 Å². The van der Waals surface area contributed by atoms with Gasteiger partial charge in [0.15, 0.2) is 4.87 Å². The summed E-state index contributed by atoms with van der Waals surface area (Å²) >= 11 is 7.29. The molecule has 1 aromatic rings. The van der Waals surface area contributed by atoms with E-state index in [9.17, 15) is 9.59 Å². The number of halogens is 1. The van der Waals surface area contributed by atoms with E-state index in [-0.39, 0.29) is 19.1 Å². The summed E-state index contributed by atoms with van der Waals surface area (Å²) in [6.07, 6.45) is 0.695. The van der Waals surface area contributed by atoms with Gasteiger partial charge < -0.3 is 9.84 Å². The largest absolute Gasteiger partial charge is 0.461 e. The van der Waals surface area contributed by atoms with Crippen molar-refractivity contribution >= 4 is 40.9 Å². The molecule has 106 valence electrons. The van der Waals surface area contributed by atoms with Crippen LogP contribution in [-0.2, 0) is 14.3 Å². The van der Waals surface area contributed by atoms with E-state index in [0.29, 0.717) is 23.6 Å². The number of hydrogen-bond acceptors (Lipinski definition) is 5. The molecule has 1 saturated heterocycles. The van der Waals surface area contributed by atoms with Gasteiger partial charge >= 0.3 is 5.97 Å². The van der Waals surface area contributed by atoms with Crippen LogP contribution in [0.1, 0.15) is 12.8 Å². The van der Waals surface area contributed by atoms with Gasteiger partial charge in [0.25, 0.3) is 0 Å². The number of carbonyl (C=O) groups excluding carboxylic acids is 2. The maximum Gasteiger partial charge on any atom is 0.343 e. The van der Waals surface area contributed by atoms with Gasteiger partial charge in [-0.2, -0.15) is 0 Å². The van der Waals surface area contributed by atoms with Gasteiger partial charge in [0.05, 0.1) is 12.3 Å². The lowest BCUT2D eigenvalue weighted by atomic mass is 10.2. The monoisotopic (exact) mass is 313 g/mol. The van der Waals surface area contributed by atoms with Crippen molar-refractivity contribution in [2.24, 2.45) is 0 Å². The zero-order chi connectivity index (χ0) is 14.3. The summed E-state index contributed by atoms with van der Waals surface area (Å²) in [5.41, 5.74) is 0.658. The minimum absolute atomic E-state index is 0.0692. The number of nitrogens with zero attached hydrogens (tertiary/aromatic N) is 1. The van der Waals surface area contributed by atoms with E-state index >= 15 is 0 Å². The minimum Gasteiger partial charge on any atom is -0.461 e. The molecule has 2 heterocycles. The molecule has 1 aromatic carbocycles. The quantitative estimate of drug-likeness (QED) is 0.862. The van der Waals surface area contributed by atoms with Crippen molar-refractivity contribution in [2.75, 3.05) is 18.1 Å². The van der Waals surface area contributed by atoms with E-state index in [1.54, 1.807) is 18.2 Å². The number of anilines is 1. The number of carbonyl (C=O) groups is 2. The van der Waals surface area contributed by atoms with Gasteiger partial charge in [0, 0.05) is 22.8 Å². The molecule has 0 saturated carbocycles. The molecule has 1 atom stereocenters. The molecule has 1 fully saturated rings. The fourth-order valence-corrected chi connectivity index (χ4v) is 4.11. The number of fused-ring (bicyclic) bond motifs is 3. The SMILES string of the molecule is O=C1CCC2(C(=O)OCCO)Sc3ccc(Cl)cc3N12. The molecule has 0 aromatic heterocycles. The molecule has 0 bridgehead atoms. The summed E-state index contributed by atoms with van der Waals surface area (Å²) in [4.78, 5) is 25.7. The van der Waals surface area contributed by atoms with Crippen LogP contribution < -0.4 is 4.90 Å². The molecule has 1 amide bonds. The average Bonchev–Trinajstić information content (AvgIpc) is 2.93. The Kier molecular flexibility index (Phi) is 3.40. The molecular formula is C13H12ClNO4S. The predicted molar refractivity (Wildman–Crippen MR) is 74.8 cm³/mol. The van der Waals surface area contributed by atoms with Gasteiger partial charge in [0.2, 0.25) is 5.91 Å². The lowest BCUT2D eigenvalue weighted by Gasteiger charge is -2.28. The predicted octanol–water partition coefficient (Wildman–Crippen LogP) is 1.80. The highest BCUT2D eigenvalue weighted by atomic mass is 35.5. The van der Waals surface area contributed by atoms with Crippen molar-refractivity contribution in [1.82, 2.24) is 0 Å². The number of aliphatic hydroxyl groups is 1. The van der Waals surface area contributed by atoms with Crippen molar-refractivity contribution in [3.8, 4) is 0 Å². The Balaban J connectivity index is 2.01. The maximum absolute atomic E-state index is 12.3. The second-order valence-electron chi connectivity index (χ2n) is 4.59. The molecule has 5 nitrogen and oxygen atoms in total. The Morgan fingerprint density at radius 2 is 2.35 bits per heavy atom. The number of amides is 1. The van der Waals surface area contributed by atoms with Crippen molar-refractivity contribution in [3.05, 3.63) is 23.2 Å². The van der Waals surface area contributed by atoms with Gasteiger partial charge in [0.1, 0.15) is 6.61 Å². The molecule has 0 aliphatic carbocycles. The van der Waals surface area contributed by atoms with Crippen LogP contribution in [0.25, 0.3) is 0 Å². The van der Waals surface area contributed by atoms with Gasteiger partial charge in [-0.05, 0) is 18.2 Å². The van der Waals surface area contributed by atoms with E-state index in [1.165, 1.54) is 16.7 Å². The van der Waals surface area contributed by atoms with Crippen molar-refractivity contribution in [1.29, 1.82) is 0 Å². The first-order valence-electron chi connectivity index (χ1n) is 6.18. The number of hydrogen-bond donors (Lipinski definition) is 1. The number of esters is 1. The van der Waals surface area contributed by atoms with Gasteiger partial charge in [-0.3, -0.25) is 9.69 Å². The second kappa shape index (κ2) is 4.95. The van der Waals surface area contributed by atoms with Crippen LogP contribution in [0.15, 0.2) is 23.1 Å². The Labute approximate surface area is 124 Å². The normalized spacial score (nSPS) is 23.7. The van der Waals surface area contributed by atoms with E-state index in [4.69, 9.17) is 21.4 Å². The number of thioether (sulfide) groups is 1. The first-order chi connectivity index (χ1) is 9.58. The number of aliphatic hydroxyl groups excluding tert-OH is 1. The molecule has 3 rings (SSSR count). The highest BCUT2D eigenvalue weighted by Crippen LogP contribution is 2.56. The van der Waals surface area contributed by atoms with Gasteiger partial charge in [-0.25, -0.2) is 4.79 Å². The van der Waals surface area contributed by atoms with Crippen LogP contribution in [-0.4, -0.2) is 35.1 Å². The Bertz CT molecular complexity index is 594. The average molecular weight is 314 g/mol. The first kappa shape index (κ1) is 13.7. The Morgan fingerprint density at radius 3 is 3.10 bits per heavy atom. The standard InChI is InChI=1S/C13H12ClNO4S/c14-8-1-2-10-9(7-8)15-11(17)3-4-13(15,20-10)12(18)19-6-5-16/h1-2,7,16H,3-6H2. The summed E-state index contributed by atoms with van der Waals surface area (Å²) in [5, 5.41) is 9.29. The van der Waals surface area contributed by atoms with Crippen LogP contribution in [0, 0.1) is 0 Å². The molecule has 7 heteroatoms. The van der Waals surface area contributed by atoms with Crippen molar-refractivity contribution in [3.63, 3.8) is 0 Å². The number of ether oxygens (including phenoxy) is 1. The molecule has 2 aliphatic heterocycles. The third-order valence-corrected chi connectivity index (χ3v) is 5.06. The fraction of sp³-hybridized carbons (Fsp3) is 0.385. The summed E-state index contributed by atoms with van der Waals surface area (Å²) in [6.45, 7) is -0.306. The highest BCUT2D eigenvalue weighted by Gasteiger charge is 2.58. The van der Waals surface area contributed by atoms with Gasteiger partial charge in [-0.15, -0.1) is 0 Å². The first-order valence-corrected chi connectivity index (χ1v) is 7.37. The lowest BCUT2D eigenvalue weighted by molar-refractivity contribution is -0.147. The highest BCUT2D eigenvalue weighted by molar-refractivity contribution is 8.02. The fourth-order valence-electron chi connectivity index (χ4n) is 2.55. The molecule has 0 spiro atoms.